The van der Waals surface area contributed by atoms with E-state index in [0.29, 0.717) is 18.8 Å². The Kier molecular flexibility index (Phi) is 3.56. The molecule has 2 heterocycles. The first kappa shape index (κ1) is 12.9. The minimum absolute atomic E-state index is 0.0244. The number of hydrogen-bond acceptors (Lipinski definition) is 4. The Bertz CT molecular complexity index is 526. The van der Waals surface area contributed by atoms with Gasteiger partial charge in [0.05, 0.1) is 12.6 Å². The summed E-state index contributed by atoms with van der Waals surface area (Å²) in [4.78, 5) is 25.1. The molecule has 0 unspecified atom stereocenters. The van der Waals surface area contributed by atoms with Crippen molar-refractivity contribution in [2.75, 3.05) is 29.9 Å². The Morgan fingerprint density at radius 3 is 3.05 bits per heavy atom. The van der Waals surface area contributed by atoms with Gasteiger partial charge in [-0.3, -0.25) is 9.69 Å². The number of amides is 2. The zero-order chi connectivity index (χ0) is 13.9. The van der Waals surface area contributed by atoms with Crippen molar-refractivity contribution in [2.24, 2.45) is 0 Å². The summed E-state index contributed by atoms with van der Waals surface area (Å²) in [6.07, 6.45) is 1.55. The average Bonchev–Trinajstić information content (AvgIpc) is 3.10. The number of hydrogen-bond donors (Lipinski definition) is 2. The number of cyclic esters (lactones) is 1. The molecule has 2 amide bonds. The Morgan fingerprint density at radius 2 is 2.35 bits per heavy atom. The molecular formula is C14H17N3O3. The summed E-state index contributed by atoms with van der Waals surface area (Å²) in [6, 6.07) is 7.14. The number of benzene rings is 1. The van der Waals surface area contributed by atoms with Gasteiger partial charge in [-0.15, -0.1) is 0 Å². The highest BCUT2D eigenvalue weighted by molar-refractivity contribution is 5.96. The zero-order valence-electron chi connectivity index (χ0n) is 11.1. The molecule has 1 atom stereocenters. The molecule has 6 heteroatoms. The summed E-state index contributed by atoms with van der Waals surface area (Å²) >= 11 is 0. The van der Waals surface area contributed by atoms with Crippen LogP contribution in [0.4, 0.5) is 16.2 Å². The van der Waals surface area contributed by atoms with Crippen LogP contribution in [0.2, 0.25) is 0 Å². The van der Waals surface area contributed by atoms with Crippen molar-refractivity contribution in [1.29, 1.82) is 0 Å². The third-order valence-electron chi connectivity index (χ3n) is 3.56. The minimum atomic E-state index is -0.342. The summed E-state index contributed by atoms with van der Waals surface area (Å²) in [5, 5.41) is 6.04. The van der Waals surface area contributed by atoms with Crippen molar-refractivity contribution < 1.29 is 14.3 Å². The summed E-state index contributed by atoms with van der Waals surface area (Å²) in [5.74, 6) is -0.0244. The third kappa shape index (κ3) is 2.60. The maximum Gasteiger partial charge on any atom is 0.414 e. The molecule has 3 rings (SSSR count). The molecule has 0 saturated carbocycles. The van der Waals surface area contributed by atoms with E-state index in [4.69, 9.17) is 4.74 Å². The molecule has 1 aromatic carbocycles. The van der Waals surface area contributed by atoms with Gasteiger partial charge >= 0.3 is 6.09 Å². The van der Waals surface area contributed by atoms with Gasteiger partial charge < -0.3 is 15.4 Å². The molecule has 106 valence electrons. The molecule has 2 N–H and O–H groups in total. The number of rotatable bonds is 3. The Morgan fingerprint density at radius 1 is 1.45 bits per heavy atom. The molecule has 0 bridgehead atoms. The maximum absolute atomic E-state index is 12.0. The average molecular weight is 275 g/mol. The quantitative estimate of drug-likeness (QED) is 0.873. The number of nitrogens with one attached hydrogen (secondary N) is 2. The molecule has 2 fully saturated rings. The molecular weight excluding hydrogens is 258 g/mol. The Hall–Kier alpha value is -2.08. The highest BCUT2D eigenvalue weighted by Gasteiger charge is 2.25. The number of carbonyl (C=O) groups is 2. The van der Waals surface area contributed by atoms with E-state index >= 15 is 0 Å². The fourth-order valence-electron chi connectivity index (χ4n) is 2.52. The lowest BCUT2D eigenvalue weighted by Crippen LogP contribution is -2.35. The van der Waals surface area contributed by atoms with Gasteiger partial charge in [-0.2, -0.15) is 0 Å². The highest BCUT2D eigenvalue weighted by Crippen LogP contribution is 2.22. The van der Waals surface area contributed by atoms with Crippen LogP contribution in [0.3, 0.4) is 0 Å². The van der Waals surface area contributed by atoms with Gasteiger partial charge in [0.25, 0.3) is 0 Å². The lowest BCUT2D eigenvalue weighted by Gasteiger charge is -2.15. The van der Waals surface area contributed by atoms with Crippen molar-refractivity contribution in [3.63, 3.8) is 0 Å². The van der Waals surface area contributed by atoms with E-state index in [0.717, 1.165) is 25.1 Å². The predicted molar refractivity (Wildman–Crippen MR) is 74.8 cm³/mol. The van der Waals surface area contributed by atoms with Gasteiger partial charge in [-0.05, 0) is 37.6 Å². The first-order chi connectivity index (χ1) is 9.74. The van der Waals surface area contributed by atoms with Gasteiger partial charge in [0.1, 0.15) is 6.61 Å². The van der Waals surface area contributed by atoms with E-state index in [1.54, 1.807) is 11.0 Å². The molecule has 6 nitrogen and oxygen atoms in total. The molecule has 0 spiro atoms. The van der Waals surface area contributed by atoms with E-state index < -0.39 is 0 Å². The highest BCUT2D eigenvalue weighted by atomic mass is 16.6. The minimum Gasteiger partial charge on any atom is -0.447 e. The topological polar surface area (TPSA) is 70.7 Å². The van der Waals surface area contributed by atoms with E-state index in [1.807, 2.05) is 18.2 Å². The fraction of sp³-hybridized carbons (Fsp3) is 0.429. The van der Waals surface area contributed by atoms with Gasteiger partial charge in [-0.25, -0.2) is 4.79 Å². The van der Waals surface area contributed by atoms with Gasteiger partial charge in [0, 0.05) is 11.4 Å². The smallest absolute Gasteiger partial charge is 0.414 e. The van der Waals surface area contributed by atoms with Crippen LogP contribution >= 0.6 is 0 Å². The van der Waals surface area contributed by atoms with Crippen LogP contribution in [-0.4, -0.2) is 37.7 Å². The normalized spacial score (nSPS) is 21.9. The molecule has 2 aliphatic rings. The molecule has 0 aliphatic carbocycles. The van der Waals surface area contributed by atoms with Crippen molar-refractivity contribution in [3.8, 4) is 0 Å². The molecule has 0 aromatic heterocycles. The second-order valence-corrected chi connectivity index (χ2v) is 4.95. The summed E-state index contributed by atoms with van der Waals surface area (Å²) in [6.45, 7) is 1.83. The first-order valence-electron chi connectivity index (χ1n) is 6.83. The van der Waals surface area contributed by atoms with Gasteiger partial charge in [0.2, 0.25) is 5.91 Å². The third-order valence-corrected chi connectivity index (χ3v) is 3.56. The number of anilines is 2. The van der Waals surface area contributed by atoms with Crippen LogP contribution in [0.15, 0.2) is 24.3 Å². The Labute approximate surface area is 117 Å². The standard InChI is InChI=1S/C14H17N3O3/c18-13(12-5-2-6-15-12)16-10-3-1-4-11(9-10)17-7-8-20-14(17)19/h1,3-4,9,12,15H,2,5-8H2,(H,16,18)/t12-/m0/s1. The summed E-state index contributed by atoms with van der Waals surface area (Å²) in [5.41, 5.74) is 1.44. The van der Waals surface area contributed by atoms with Crippen molar-refractivity contribution in [2.45, 2.75) is 18.9 Å². The van der Waals surface area contributed by atoms with Crippen LogP contribution < -0.4 is 15.5 Å². The number of nitrogens with zero attached hydrogens (tertiary/aromatic N) is 1. The number of carbonyl (C=O) groups excluding carboxylic acids is 2. The largest absolute Gasteiger partial charge is 0.447 e. The lowest BCUT2D eigenvalue weighted by atomic mass is 10.2. The molecule has 1 aromatic rings. The Balaban J connectivity index is 1.70. The van der Waals surface area contributed by atoms with Gasteiger partial charge in [0.15, 0.2) is 0 Å². The predicted octanol–water partition coefficient (Wildman–Crippen LogP) is 1.33. The van der Waals surface area contributed by atoms with Gasteiger partial charge in [-0.1, -0.05) is 6.07 Å². The summed E-state index contributed by atoms with van der Waals surface area (Å²) < 4.78 is 4.91. The van der Waals surface area contributed by atoms with Crippen LogP contribution in [0, 0.1) is 0 Å². The van der Waals surface area contributed by atoms with E-state index in [2.05, 4.69) is 10.6 Å². The SMILES string of the molecule is O=C(Nc1cccc(N2CCOC2=O)c1)[C@@H]1CCCN1. The summed E-state index contributed by atoms with van der Waals surface area (Å²) in [7, 11) is 0. The molecule has 0 radical (unpaired) electrons. The second-order valence-electron chi connectivity index (χ2n) is 4.95. The maximum atomic E-state index is 12.0. The van der Waals surface area contributed by atoms with Crippen LogP contribution in [0.25, 0.3) is 0 Å². The molecule has 2 saturated heterocycles. The van der Waals surface area contributed by atoms with Crippen LogP contribution in [0.5, 0.6) is 0 Å². The molecule has 2 aliphatic heterocycles. The fourth-order valence-corrected chi connectivity index (χ4v) is 2.52. The van der Waals surface area contributed by atoms with Crippen LogP contribution in [0.1, 0.15) is 12.8 Å². The second kappa shape index (κ2) is 5.50. The van der Waals surface area contributed by atoms with E-state index in [1.165, 1.54) is 0 Å². The van der Waals surface area contributed by atoms with Crippen LogP contribution in [-0.2, 0) is 9.53 Å². The monoisotopic (exact) mass is 275 g/mol. The van der Waals surface area contributed by atoms with Crippen molar-refractivity contribution in [1.82, 2.24) is 5.32 Å². The zero-order valence-corrected chi connectivity index (χ0v) is 11.1. The number of ether oxygens (including phenoxy) is 1. The van der Waals surface area contributed by atoms with Crippen molar-refractivity contribution in [3.05, 3.63) is 24.3 Å². The lowest BCUT2D eigenvalue weighted by molar-refractivity contribution is -0.117. The first-order valence-corrected chi connectivity index (χ1v) is 6.83. The molecule has 20 heavy (non-hydrogen) atoms. The van der Waals surface area contributed by atoms with E-state index in [9.17, 15) is 9.59 Å². The van der Waals surface area contributed by atoms with Crippen molar-refractivity contribution >= 4 is 23.4 Å². The van der Waals surface area contributed by atoms with E-state index in [-0.39, 0.29) is 18.0 Å².